The maximum absolute atomic E-state index is 7.13. The van der Waals surface area contributed by atoms with Crippen molar-refractivity contribution in [3.63, 3.8) is 0 Å². The third kappa shape index (κ3) is 4.98. The van der Waals surface area contributed by atoms with Crippen molar-refractivity contribution in [1.29, 1.82) is 0 Å². The van der Waals surface area contributed by atoms with E-state index in [9.17, 15) is 0 Å². The summed E-state index contributed by atoms with van der Waals surface area (Å²) in [7, 11) is 0. The van der Waals surface area contributed by atoms with E-state index in [1.54, 1.807) is 0 Å². The van der Waals surface area contributed by atoms with E-state index < -0.39 is 0 Å². The van der Waals surface area contributed by atoms with Gasteiger partial charge in [-0.15, -0.1) is 0 Å². The zero-order chi connectivity index (χ0) is 43.4. The van der Waals surface area contributed by atoms with Crippen molar-refractivity contribution in [3.8, 4) is 39.7 Å². The monoisotopic (exact) mass is 833 g/mol. The largest absolute Gasteiger partial charge is 0.458 e. The standard InChI is InChI=1S/C60H44BN3O/c1-34(2)39-29-55-59-57(30-39)65-56-25-22-38(58-36(4)26-35(3)27-37(58)5)28-48(56)61(59)49-33-41(63-52-20-12-8-16-44(52)45-17-9-13-21-53(45)63)32-47-46-31-40(23-24-54(46)64(55)60(47)49)62-50-18-10-6-14-42(50)43-15-7-11-19-51(43)62/h6-34H,1-5H3. The number of fused-ring (bicyclic) bond motifs is 13. The number of nitrogens with zero attached hydrogens (tertiary/aromatic N) is 3. The molecule has 0 saturated carbocycles. The molecule has 65 heavy (non-hydrogen) atoms. The fourth-order valence-corrected chi connectivity index (χ4v) is 12.1. The Kier molecular flexibility index (Phi) is 7.43. The molecule has 12 aromatic rings. The van der Waals surface area contributed by atoms with Crippen molar-refractivity contribution < 1.29 is 4.74 Å². The molecule has 2 aliphatic rings. The van der Waals surface area contributed by atoms with Crippen LogP contribution in [0.1, 0.15) is 42.0 Å². The van der Waals surface area contributed by atoms with Crippen LogP contribution in [-0.2, 0) is 0 Å². The van der Waals surface area contributed by atoms with Crippen molar-refractivity contribution >= 4 is 88.5 Å². The van der Waals surface area contributed by atoms with Gasteiger partial charge < -0.3 is 18.4 Å². The van der Waals surface area contributed by atoms with E-state index in [-0.39, 0.29) is 6.71 Å². The normalized spacial score (nSPS) is 12.9. The van der Waals surface area contributed by atoms with Gasteiger partial charge in [0.1, 0.15) is 11.5 Å². The Morgan fingerprint density at radius 3 is 1.60 bits per heavy atom. The number of rotatable bonds is 4. The molecule has 2 aliphatic heterocycles. The molecule has 0 unspecified atom stereocenters. The number of hydrogen-bond donors (Lipinski definition) is 0. The van der Waals surface area contributed by atoms with Gasteiger partial charge in [-0.2, -0.15) is 0 Å². The molecule has 0 bridgehead atoms. The quantitative estimate of drug-likeness (QED) is 0.162. The van der Waals surface area contributed by atoms with E-state index in [4.69, 9.17) is 4.74 Å². The predicted molar refractivity (Wildman–Crippen MR) is 274 cm³/mol. The topological polar surface area (TPSA) is 24.0 Å². The minimum atomic E-state index is -0.0693. The first-order chi connectivity index (χ1) is 31.8. The average molecular weight is 834 g/mol. The molecular weight excluding hydrogens is 789 g/mol. The molecule has 3 aromatic heterocycles. The summed E-state index contributed by atoms with van der Waals surface area (Å²) >= 11 is 0. The lowest BCUT2D eigenvalue weighted by Crippen LogP contribution is -2.58. The lowest BCUT2D eigenvalue weighted by molar-refractivity contribution is 0.486. The molecule has 0 spiro atoms. The van der Waals surface area contributed by atoms with Gasteiger partial charge in [0.05, 0.1) is 27.6 Å². The van der Waals surface area contributed by atoms with Crippen molar-refractivity contribution in [3.05, 3.63) is 192 Å². The molecule has 0 N–H and O–H groups in total. The summed E-state index contributed by atoms with van der Waals surface area (Å²) in [4.78, 5) is 0. The molecule has 0 atom stereocenters. The number of para-hydroxylation sites is 4. The maximum Gasteiger partial charge on any atom is 0.256 e. The molecule has 0 aliphatic carbocycles. The molecule has 9 aromatic carbocycles. The molecule has 0 radical (unpaired) electrons. The molecule has 0 amide bonds. The Labute approximate surface area is 377 Å². The fraction of sp³-hybridized carbons (Fsp3) is 0.100. The molecule has 5 heterocycles. The maximum atomic E-state index is 7.13. The lowest BCUT2D eigenvalue weighted by atomic mass is 9.34. The predicted octanol–water partition coefficient (Wildman–Crippen LogP) is 13.6. The minimum Gasteiger partial charge on any atom is -0.458 e. The summed E-state index contributed by atoms with van der Waals surface area (Å²) < 4.78 is 14.6. The van der Waals surface area contributed by atoms with E-state index in [2.05, 4.69) is 218 Å². The molecule has 5 heteroatoms. The summed E-state index contributed by atoms with van der Waals surface area (Å²) in [6.07, 6.45) is 0. The van der Waals surface area contributed by atoms with Gasteiger partial charge in [-0.05, 0) is 144 Å². The third-order valence-corrected chi connectivity index (χ3v) is 14.7. The first kappa shape index (κ1) is 36.7. The van der Waals surface area contributed by atoms with Crippen LogP contribution in [0.15, 0.2) is 170 Å². The third-order valence-electron chi connectivity index (χ3n) is 14.7. The summed E-state index contributed by atoms with van der Waals surface area (Å²) in [5, 5.41) is 7.51. The Morgan fingerprint density at radius 1 is 0.446 bits per heavy atom. The van der Waals surface area contributed by atoms with Gasteiger partial charge in [-0.1, -0.05) is 116 Å². The van der Waals surface area contributed by atoms with Gasteiger partial charge in [-0.3, -0.25) is 0 Å². The van der Waals surface area contributed by atoms with Gasteiger partial charge in [-0.25, -0.2) is 0 Å². The van der Waals surface area contributed by atoms with Crippen LogP contribution in [0.4, 0.5) is 0 Å². The zero-order valence-corrected chi connectivity index (χ0v) is 37.1. The smallest absolute Gasteiger partial charge is 0.256 e. The number of aromatic nitrogens is 3. The van der Waals surface area contributed by atoms with Crippen molar-refractivity contribution in [2.75, 3.05) is 0 Å². The van der Waals surface area contributed by atoms with Crippen molar-refractivity contribution in [2.24, 2.45) is 0 Å². The Balaban J connectivity index is 1.14. The molecule has 4 nitrogen and oxygen atoms in total. The summed E-state index contributed by atoms with van der Waals surface area (Å²) in [5.41, 5.74) is 22.2. The van der Waals surface area contributed by atoms with E-state index in [1.807, 2.05) is 0 Å². The highest BCUT2D eigenvalue weighted by molar-refractivity contribution is 6.99. The van der Waals surface area contributed by atoms with Gasteiger partial charge in [0.2, 0.25) is 0 Å². The SMILES string of the molecule is Cc1cc(C)c(-c2ccc3c(c2)B2c4c(cc(C(C)C)cc4-n4c5ccc(-n6c7ccccc7c7ccccc76)cc5c5cc(-n6c7ccccc7c7ccccc76)cc2c54)O3)c(C)c1. The summed E-state index contributed by atoms with van der Waals surface area (Å²) in [6.45, 7) is 11.2. The molecule has 0 saturated heterocycles. The highest BCUT2D eigenvalue weighted by Crippen LogP contribution is 2.43. The first-order valence-corrected chi connectivity index (χ1v) is 23.0. The number of benzene rings is 9. The van der Waals surface area contributed by atoms with Gasteiger partial charge in [0, 0.05) is 54.9 Å². The van der Waals surface area contributed by atoms with Crippen LogP contribution < -0.4 is 21.1 Å². The van der Waals surface area contributed by atoms with Crippen LogP contribution in [-0.4, -0.2) is 20.4 Å². The summed E-state index contributed by atoms with van der Waals surface area (Å²) in [6, 6.07) is 63.8. The second-order valence-corrected chi connectivity index (χ2v) is 18.9. The van der Waals surface area contributed by atoms with Crippen LogP contribution in [0.3, 0.4) is 0 Å². The van der Waals surface area contributed by atoms with E-state index in [0.29, 0.717) is 5.92 Å². The second-order valence-electron chi connectivity index (χ2n) is 18.9. The van der Waals surface area contributed by atoms with Gasteiger partial charge >= 0.3 is 0 Å². The van der Waals surface area contributed by atoms with E-state index in [1.165, 1.54) is 121 Å². The van der Waals surface area contributed by atoms with Crippen LogP contribution in [0.2, 0.25) is 0 Å². The zero-order valence-electron chi connectivity index (χ0n) is 37.1. The Hall–Kier alpha value is -7.76. The number of hydrogen-bond acceptors (Lipinski definition) is 1. The van der Waals surface area contributed by atoms with Crippen LogP contribution in [0, 0.1) is 20.8 Å². The highest BCUT2D eigenvalue weighted by atomic mass is 16.5. The number of aryl methyl sites for hydroxylation is 3. The first-order valence-electron chi connectivity index (χ1n) is 23.0. The van der Waals surface area contributed by atoms with Crippen LogP contribution in [0.5, 0.6) is 11.5 Å². The van der Waals surface area contributed by atoms with Crippen molar-refractivity contribution in [1.82, 2.24) is 13.7 Å². The molecule has 0 fully saturated rings. The molecular formula is C60H44BN3O. The fourth-order valence-electron chi connectivity index (χ4n) is 12.1. The highest BCUT2D eigenvalue weighted by Gasteiger charge is 2.42. The van der Waals surface area contributed by atoms with Gasteiger partial charge in [0.15, 0.2) is 0 Å². The molecule has 308 valence electrons. The Morgan fingerprint density at radius 2 is 1.00 bits per heavy atom. The summed E-state index contributed by atoms with van der Waals surface area (Å²) in [5.74, 6) is 2.19. The Bertz CT molecular complexity index is 3940. The van der Waals surface area contributed by atoms with Gasteiger partial charge in [0.25, 0.3) is 6.71 Å². The van der Waals surface area contributed by atoms with E-state index >= 15 is 0 Å². The van der Waals surface area contributed by atoms with Crippen LogP contribution in [0.25, 0.3) is 93.6 Å². The van der Waals surface area contributed by atoms with E-state index in [0.717, 1.165) is 22.9 Å². The van der Waals surface area contributed by atoms with Crippen LogP contribution >= 0.6 is 0 Å². The molecule has 14 rings (SSSR count). The van der Waals surface area contributed by atoms with Crippen molar-refractivity contribution in [2.45, 2.75) is 40.5 Å². The lowest BCUT2D eigenvalue weighted by Gasteiger charge is -2.34. The average Bonchev–Trinajstić information content (AvgIpc) is 3.95. The number of ether oxygens (including phenoxy) is 1. The minimum absolute atomic E-state index is 0.0693. The second kappa shape index (κ2) is 13.2.